The molecule has 0 bridgehead atoms. The Morgan fingerprint density at radius 2 is 1.87 bits per heavy atom. The van der Waals surface area contributed by atoms with Gasteiger partial charge in [-0.05, 0) is 36.2 Å². The van der Waals surface area contributed by atoms with Gasteiger partial charge >= 0.3 is 0 Å². The number of halogens is 1. The summed E-state index contributed by atoms with van der Waals surface area (Å²) in [5, 5.41) is -0.0387. The Bertz CT molecular complexity index is 859. The number of aryl methyl sites for hydroxylation is 1. The van der Waals surface area contributed by atoms with Crippen LogP contribution in [0, 0.1) is 6.92 Å². The normalized spacial score (nSPS) is 11.3. The van der Waals surface area contributed by atoms with Crippen molar-refractivity contribution in [2.45, 2.75) is 11.8 Å². The van der Waals surface area contributed by atoms with Crippen LogP contribution in [0.2, 0.25) is 0 Å². The van der Waals surface area contributed by atoms with E-state index >= 15 is 0 Å². The molecule has 0 heterocycles. The van der Waals surface area contributed by atoms with E-state index in [1.54, 1.807) is 31.2 Å². The monoisotopic (exact) mass is 398 g/mol. The van der Waals surface area contributed by atoms with Crippen molar-refractivity contribution >= 4 is 31.8 Å². The summed E-state index contributed by atoms with van der Waals surface area (Å²) < 4.78 is 38.1. The molecule has 2 rings (SSSR count). The summed E-state index contributed by atoms with van der Waals surface area (Å²) in [4.78, 5) is 11.5. The lowest BCUT2D eigenvalue weighted by atomic mass is 9.96. The molecule has 0 saturated heterocycles. The van der Waals surface area contributed by atoms with Crippen molar-refractivity contribution in [3.05, 3.63) is 47.5 Å². The van der Waals surface area contributed by atoms with Crippen LogP contribution in [-0.4, -0.2) is 31.2 Å². The maximum atomic E-state index is 12.0. The van der Waals surface area contributed by atoms with Crippen molar-refractivity contribution in [1.29, 1.82) is 0 Å². The predicted molar refractivity (Wildman–Crippen MR) is 91.1 cm³/mol. The Morgan fingerprint density at radius 1 is 1.22 bits per heavy atom. The molecule has 0 unspecified atom stereocenters. The van der Waals surface area contributed by atoms with Crippen LogP contribution in [0.1, 0.15) is 15.9 Å². The molecule has 0 spiro atoms. The van der Waals surface area contributed by atoms with E-state index < -0.39 is 20.8 Å². The van der Waals surface area contributed by atoms with Gasteiger partial charge in [-0.1, -0.05) is 34.1 Å². The van der Waals surface area contributed by atoms with E-state index in [4.69, 9.17) is 4.74 Å². The molecule has 0 amide bonds. The molecule has 0 atom stereocenters. The first-order chi connectivity index (χ1) is 10.8. The third kappa shape index (κ3) is 3.63. The highest BCUT2D eigenvalue weighted by Gasteiger charge is 2.23. The Hall–Kier alpha value is -1.70. The van der Waals surface area contributed by atoms with Gasteiger partial charge in [-0.15, -0.1) is 0 Å². The summed E-state index contributed by atoms with van der Waals surface area (Å²) in [6, 6.07) is 9.89. The number of carbonyl (C=O) groups excluding carboxylic acids is 1. The van der Waals surface area contributed by atoms with Crippen LogP contribution in [0.4, 0.5) is 0 Å². The molecule has 5 nitrogen and oxygen atoms in total. The van der Waals surface area contributed by atoms with Gasteiger partial charge in [-0.25, -0.2) is 0 Å². The summed E-state index contributed by atoms with van der Waals surface area (Å²) in [6.07, 6.45) is 0. The summed E-state index contributed by atoms with van der Waals surface area (Å²) in [7, 11) is -3.02. The Kier molecular flexibility index (Phi) is 5.23. The molecule has 0 saturated carbocycles. The Balaban J connectivity index is 2.80. The molecule has 122 valence electrons. The van der Waals surface area contributed by atoms with Crippen LogP contribution in [0.15, 0.2) is 41.3 Å². The van der Waals surface area contributed by atoms with Crippen LogP contribution >= 0.6 is 15.9 Å². The minimum absolute atomic E-state index is 0.0387. The fourth-order valence-corrected chi connectivity index (χ4v) is 3.37. The highest BCUT2D eigenvalue weighted by molar-refractivity contribution is 9.09. The maximum absolute atomic E-state index is 12.0. The largest absolute Gasteiger partial charge is 0.496 e. The number of hydrogen-bond acceptors (Lipinski definition) is 4. The molecule has 2 aromatic rings. The van der Waals surface area contributed by atoms with Crippen LogP contribution < -0.4 is 4.74 Å². The SMILES string of the molecule is COc1ccccc1-c1cc(S(=O)(=O)O)c(C(=O)CBr)cc1C. The van der Waals surface area contributed by atoms with Crippen LogP contribution in [-0.2, 0) is 10.1 Å². The smallest absolute Gasteiger partial charge is 0.295 e. The number of hydrogen-bond donors (Lipinski definition) is 1. The van der Waals surface area contributed by atoms with E-state index in [1.165, 1.54) is 19.2 Å². The quantitative estimate of drug-likeness (QED) is 0.473. The van der Waals surface area contributed by atoms with E-state index in [9.17, 15) is 17.8 Å². The molecule has 2 aromatic carbocycles. The number of ether oxygens (including phenoxy) is 1. The third-order valence-corrected chi connectivity index (χ3v) is 4.83. The second-order valence-corrected chi connectivity index (χ2v) is 6.85. The zero-order valence-corrected chi connectivity index (χ0v) is 14.9. The lowest BCUT2D eigenvalue weighted by molar-refractivity contribution is 0.102. The number of para-hydroxylation sites is 1. The van der Waals surface area contributed by atoms with Gasteiger partial charge in [-0.2, -0.15) is 8.42 Å². The van der Waals surface area contributed by atoms with E-state index in [2.05, 4.69) is 15.9 Å². The minimum Gasteiger partial charge on any atom is -0.496 e. The van der Waals surface area contributed by atoms with Crippen molar-refractivity contribution < 1.29 is 22.5 Å². The second-order valence-electron chi connectivity index (χ2n) is 4.90. The van der Waals surface area contributed by atoms with Crippen molar-refractivity contribution in [2.24, 2.45) is 0 Å². The summed E-state index contributed by atoms with van der Waals surface area (Å²) in [5.74, 6) is 0.142. The van der Waals surface area contributed by atoms with Crippen molar-refractivity contribution in [3.8, 4) is 16.9 Å². The van der Waals surface area contributed by atoms with Gasteiger partial charge in [0.25, 0.3) is 10.1 Å². The summed E-state index contributed by atoms with van der Waals surface area (Å²) >= 11 is 3.02. The average molecular weight is 399 g/mol. The standard InChI is InChI=1S/C16H15BrO5S/c1-10-7-13(14(18)9-17)16(23(19,20)21)8-12(10)11-5-3-4-6-15(11)22-2/h3-8H,9H2,1-2H3,(H,19,20,21). The predicted octanol–water partition coefficient (Wildman–Crippen LogP) is 3.49. The van der Waals surface area contributed by atoms with E-state index in [0.29, 0.717) is 22.4 Å². The lowest BCUT2D eigenvalue weighted by Crippen LogP contribution is -2.11. The topological polar surface area (TPSA) is 80.7 Å². The second kappa shape index (κ2) is 6.82. The molecule has 7 heteroatoms. The third-order valence-electron chi connectivity index (χ3n) is 3.42. The van der Waals surface area contributed by atoms with Gasteiger partial charge in [0.1, 0.15) is 10.6 Å². The van der Waals surface area contributed by atoms with Gasteiger partial charge in [0, 0.05) is 11.1 Å². The van der Waals surface area contributed by atoms with E-state index in [-0.39, 0.29) is 10.9 Å². The van der Waals surface area contributed by atoms with Gasteiger partial charge in [0.05, 0.1) is 12.4 Å². The number of benzene rings is 2. The Labute approximate surface area is 143 Å². The minimum atomic E-state index is -4.54. The molecule has 0 aromatic heterocycles. The maximum Gasteiger partial charge on any atom is 0.295 e. The zero-order chi connectivity index (χ0) is 17.2. The number of alkyl halides is 1. The molecule has 0 radical (unpaired) electrons. The Morgan fingerprint density at radius 3 is 2.43 bits per heavy atom. The highest BCUT2D eigenvalue weighted by atomic mass is 79.9. The van der Waals surface area contributed by atoms with Crippen LogP contribution in [0.25, 0.3) is 11.1 Å². The van der Waals surface area contributed by atoms with Crippen LogP contribution in [0.5, 0.6) is 5.75 Å². The van der Waals surface area contributed by atoms with Gasteiger partial charge in [-0.3, -0.25) is 9.35 Å². The number of ketones is 1. The number of methoxy groups -OCH3 is 1. The first kappa shape index (κ1) is 17.7. The van der Waals surface area contributed by atoms with Crippen molar-refractivity contribution in [2.75, 3.05) is 12.4 Å². The van der Waals surface area contributed by atoms with Gasteiger partial charge in [0.15, 0.2) is 5.78 Å². The zero-order valence-electron chi connectivity index (χ0n) is 12.5. The highest BCUT2D eigenvalue weighted by Crippen LogP contribution is 2.35. The lowest BCUT2D eigenvalue weighted by Gasteiger charge is -2.14. The molecule has 23 heavy (non-hydrogen) atoms. The fourth-order valence-electron chi connectivity index (χ4n) is 2.35. The molecular formula is C16H15BrO5S. The molecule has 0 fully saturated rings. The van der Waals surface area contributed by atoms with Crippen LogP contribution in [0.3, 0.4) is 0 Å². The first-order valence-electron chi connectivity index (χ1n) is 6.64. The van der Waals surface area contributed by atoms with Crippen molar-refractivity contribution in [3.63, 3.8) is 0 Å². The number of Topliss-reactive ketones (excluding diaryl/α,β-unsaturated/α-hetero) is 1. The summed E-state index contributed by atoms with van der Waals surface area (Å²) in [5.41, 5.74) is 1.91. The summed E-state index contributed by atoms with van der Waals surface area (Å²) in [6.45, 7) is 1.76. The molecular weight excluding hydrogens is 384 g/mol. The van der Waals surface area contributed by atoms with Gasteiger partial charge in [0.2, 0.25) is 0 Å². The molecule has 0 aliphatic carbocycles. The van der Waals surface area contributed by atoms with Gasteiger partial charge < -0.3 is 4.74 Å². The fraction of sp³-hybridized carbons (Fsp3) is 0.188. The number of rotatable bonds is 5. The first-order valence-corrected chi connectivity index (χ1v) is 9.20. The number of carbonyl (C=O) groups is 1. The molecule has 0 aliphatic heterocycles. The molecule has 1 N–H and O–H groups in total. The van der Waals surface area contributed by atoms with E-state index in [0.717, 1.165) is 0 Å². The van der Waals surface area contributed by atoms with Crippen molar-refractivity contribution in [1.82, 2.24) is 0 Å². The average Bonchev–Trinajstić information content (AvgIpc) is 2.52. The molecule has 0 aliphatic rings. The van der Waals surface area contributed by atoms with E-state index in [1.807, 2.05) is 0 Å².